The van der Waals surface area contributed by atoms with Gasteiger partial charge in [0, 0.05) is 32.8 Å². The van der Waals surface area contributed by atoms with Crippen LogP contribution in [0.5, 0.6) is 5.75 Å². The summed E-state index contributed by atoms with van der Waals surface area (Å²) in [6.45, 7) is 9.28. The van der Waals surface area contributed by atoms with Gasteiger partial charge in [0.1, 0.15) is 5.75 Å². The van der Waals surface area contributed by atoms with E-state index in [1.54, 1.807) is 14.2 Å². The van der Waals surface area contributed by atoms with Crippen molar-refractivity contribution in [1.82, 2.24) is 10.6 Å². The summed E-state index contributed by atoms with van der Waals surface area (Å²) in [5.74, 6) is 1.65. The van der Waals surface area contributed by atoms with E-state index in [2.05, 4.69) is 40.7 Å². The Morgan fingerprint density at radius 3 is 2.62 bits per heavy atom. The molecule has 0 saturated heterocycles. The lowest BCUT2D eigenvalue weighted by Gasteiger charge is -2.17. The van der Waals surface area contributed by atoms with Gasteiger partial charge in [-0.3, -0.25) is 4.99 Å². The summed E-state index contributed by atoms with van der Waals surface area (Å²) in [6.07, 6.45) is 0.146. The third-order valence-electron chi connectivity index (χ3n) is 3.23. The number of ether oxygens (including phenoxy) is 3. The van der Waals surface area contributed by atoms with Gasteiger partial charge >= 0.3 is 0 Å². The molecule has 1 rings (SSSR count). The van der Waals surface area contributed by atoms with Crippen LogP contribution in [-0.4, -0.2) is 52.6 Å². The molecule has 0 fully saturated rings. The zero-order valence-corrected chi connectivity index (χ0v) is 15.5. The van der Waals surface area contributed by atoms with Crippen molar-refractivity contribution in [2.45, 2.75) is 33.4 Å². The lowest BCUT2D eigenvalue weighted by Crippen LogP contribution is -2.38. The second-order valence-electron chi connectivity index (χ2n) is 5.74. The fourth-order valence-electron chi connectivity index (χ4n) is 2.06. The predicted octanol–water partition coefficient (Wildman–Crippen LogP) is 2.11. The van der Waals surface area contributed by atoms with Crippen molar-refractivity contribution < 1.29 is 14.2 Å². The largest absolute Gasteiger partial charge is 0.491 e. The van der Waals surface area contributed by atoms with E-state index in [-0.39, 0.29) is 6.10 Å². The summed E-state index contributed by atoms with van der Waals surface area (Å²) >= 11 is 0. The molecule has 0 aliphatic carbocycles. The molecule has 0 atom stereocenters. The van der Waals surface area contributed by atoms with E-state index in [1.165, 1.54) is 5.56 Å². The van der Waals surface area contributed by atoms with E-state index in [9.17, 15) is 0 Å². The minimum absolute atomic E-state index is 0.146. The van der Waals surface area contributed by atoms with Crippen molar-refractivity contribution in [3.63, 3.8) is 0 Å². The predicted molar refractivity (Wildman–Crippen MR) is 97.8 cm³/mol. The van der Waals surface area contributed by atoms with Crippen LogP contribution in [0.25, 0.3) is 0 Å². The molecular formula is C18H31N3O3. The van der Waals surface area contributed by atoms with E-state index >= 15 is 0 Å². The lowest BCUT2D eigenvalue weighted by molar-refractivity contribution is 0.0733. The second-order valence-corrected chi connectivity index (χ2v) is 5.74. The molecule has 0 heterocycles. The second kappa shape index (κ2) is 11.7. The maximum atomic E-state index is 5.90. The van der Waals surface area contributed by atoms with Gasteiger partial charge in [-0.25, -0.2) is 0 Å². The first-order valence-corrected chi connectivity index (χ1v) is 8.34. The van der Waals surface area contributed by atoms with E-state index in [4.69, 9.17) is 14.2 Å². The number of guanidine groups is 1. The number of hydrogen-bond acceptors (Lipinski definition) is 4. The molecule has 1 aromatic carbocycles. The average Bonchev–Trinajstić information content (AvgIpc) is 2.54. The minimum atomic E-state index is 0.146. The van der Waals surface area contributed by atoms with Crippen LogP contribution in [-0.2, 0) is 16.0 Å². The molecule has 24 heavy (non-hydrogen) atoms. The monoisotopic (exact) mass is 337 g/mol. The number of methoxy groups -OCH3 is 1. The summed E-state index contributed by atoms with van der Waals surface area (Å²) in [5, 5.41) is 6.52. The fourth-order valence-corrected chi connectivity index (χ4v) is 2.06. The normalized spacial score (nSPS) is 11.7. The number of aryl methyl sites for hydroxylation is 1. The highest BCUT2D eigenvalue weighted by Gasteiger charge is 2.07. The molecule has 0 aliphatic rings. The first-order valence-electron chi connectivity index (χ1n) is 8.34. The Bertz CT molecular complexity index is 504. The molecule has 0 amide bonds. The maximum absolute atomic E-state index is 5.90. The van der Waals surface area contributed by atoms with Crippen molar-refractivity contribution in [1.29, 1.82) is 0 Å². The van der Waals surface area contributed by atoms with Crippen LogP contribution in [0, 0.1) is 6.92 Å². The summed E-state index contributed by atoms with van der Waals surface area (Å²) in [6, 6.07) is 6.24. The quantitative estimate of drug-likeness (QED) is 0.389. The molecule has 0 bridgehead atoms. The van der Waals surface area contributed by atoms with Gasteiger partial charge < -0.3 is 24.8 Å². The van der Waals surface area contributed by atoms with Crippen LogP contribution in [0.15, 0.2) is 23.2 Å². The molecular weight excluding hydrogens is 306 g/mol. The van der Waals surface area contributed by atoms with Crippen molar-refractivity contribution >= 4 is 5.96 Å². The summed E-state index contributed by atoms with van der Waals surface area (Å²) < 4.78 is 16.2. The highest BCUT2D eigenvalue weighted by atomic mass is 16.5. The third-order valence-corrected chi connectivity index (χ3v) is 3.23. The van der Waals surface area contributed by atoms with Crippen LogP contribution in [0.3, 0.4) is 0 Å². The Morgan fingerprint density at radius 1 is 1.17 bits per heavy atom. The number of benzene rings is 1. The lowest BCUT2D eigenvalue weighted by atomic mass is 10.1. The van der Waals surface area contributed by atoms with Crippen molar-refractivity contribution in [3.8, 4) is 5.75 Å². The number of nitrogens with one attached hydrogen (secondary N) is 2. The molecule has 6 nitrogen and oxygen atoms in total. The standard InChI is InChI=1S/C18H31N3O3/c1-14(2)24-17-12-15(3)6-7-16(17)13-21-18(19-4)20-8-9-23-11-10-22-5/h6-7,12,14H,8-11,13H2,1-5H3,(H2,19,20,21). The van der Waals surface area contributed by atoms with Crippen molar-refractivity contribution in [2.75, 3.05) is 40.5 Å². The Labute approximate surface area is 145 Å². The number of nitrogens with zero attached hydrogens (tertiary/aromatic N) is 1. The highest BCUT2D eigenvalue weighted by molar-refractivity contribution is 5.79. The summed E-state index contributed by atoms with van der Waals surface area (Å²) in [7, 11) is 3.41. The molecule has 0 unspecified atom stereocenters. The van der Waals surface area contributed by atoms with Crippen LogP contribution in [0.2, 0.25) is 0 Å². The molecule has 0 aromatic heterocycles. The van der Waals surface area contributed by atoms with E-state index in [0.717, 1.165) is 17.3 Å². The van der Waals surface area contributed by atoms with Gasteiger partial charge in [-0.15, -0.1) is 0 Å². The SMILES string of the molecule is CN=C(NCCOCCOC)NCc1ccc(C)cc1OC(C)C. The molecule has 0 spiro atoms. The summed E-state index contributed by atoms with van der Waals surface area (Å²) in [5.41, 5.74) is 2.29. The smallest absolute Gasteiger partial charge is 0.191 e. The molecule has 2 N–H and O–H groups in total. The first kappa shape index (κ1) is 20.3. The Morgan fingerprint density at radius 2 is 1.96 bits per heavy atom. The number of hydrogen-bond donors (Lipinski definition) is 2. The molecule has 6 heteroatoms. The fraction of sp³-hybridized carbons (Fsp3) is 0.611. The van der Waals surface area contributed by atoms with Gasteiger partial charge in [0.05, 0.1) is 25.9 Å². The molecule has 0 aliphatic heterocycles. The van der Waals surface area contributed by atoms with Gasteiger partial charge in [-0.05, 0) is 32.4 Å². The number of rotatable bonds is 10. The first-order chi connectivity index (χ1) is 11.6. The molecule has 0 radical (unpaired) electrons. The highest BCUT2D eigenvalue weighted by Crippen LogP contribution is 2.21. The molecule has 136 valence electrons. The van der Waals surface area contributed by atoms with Gasteiger partial charge in [0.15, 0.2) is 5.96 Å². The topological polar surface area (TPSA) is 64.1 Å². The van der Waals surface area contributed by atoms with Crippen LogP contribution in [0.1, 0.15) is 25.0 Å². The van der Waals surface area contributed by atoms with Crippen molar-refractivity contribution in [2.24, 2.45) is 4.99 Å². The van der Waals surface area contributed by atoms with Crippen molar-refractivity contribution in [3.05, 3.63) is 29.3 Å². The van der Waals surface area contributed by atoms with Crippen LogP contribution >= 0.6 is 0 Å². The Hall–Kier alpha value is -1.79. The summed E-state index contributed by atoms with van der Waals surface area (Å²) in [4.78, 5) is 4.22. The van der Waals surface area contributed by atoms with Gasteiger partial charge in [-0.1, -0.05) is 12.1 Å². The average molecular weight is 337 g/mol. The van der Waals surface area contributed by atoms with E-state index < -0.39 is 0 Å². The van der Waals surface area contributed by atoms with Crippen LogP contribution in [0.4, 0.5) is 0 Å². The Kier molecular flexibility index (Phi) is 9.88. The van der Waals surface area contributed by atoms with Crippen LogP contribution < -0.4 is 15.4 Å². The maximum Gasteiger partial charge on any atom is 0.191 e. The van der Waals surface area contributed by atoms with E-state index in [0.29, 0.717) is 32.9 Å². The Balaban J connectivity index is 2.45. The third kappa shape index (κ3) is 8.17. The molecule has 0 saturated carbocycles. The van der Waals surface area contributed by atoms with Gasteiger partial charge in [-0.2, -0.15) is 0 Å². The number of aliphatic imine (C=N–C) groups is 1. The zero-order valence-electron chi connectivity index (χ0n) is 15.5. The minimum Gasteiger partial charge on any atom is -0.491 e. The zero-order chi connectivity index (χ0) is 17.8. The molecule has 1 aromatic rings. The van der Waals surface area contributed by atoms with Gasteiger partial charge in [0.25, 0.3) is 0 Å². The van der Waals surface area contributed by atoms with E-state index in [1.807, 2.05) is 13.8 Å². The van der Waals surface area contributed by atoms with Gasteiger partial charge in [0.2, 0.25) is 0 Å².